The van der Waals surface area contributed by atoms with E-state index in [4.69, 9.17) is 0 Å². The van der Waals surface area contributed by atoms with Crippen molar-refractivity contribution in [1.29, 1.82) is 0 Å². The van der Waals surface area contributed by atoms with E-state index in [1.165, 1.54) is 0 Å². The lowest BCUT2D eigenvalue weighted by Gasteiger charge is -2.34. The zero-order valence-electron chi connectivity index (χ0n) is 13.1. The molecule has 1 fully saturated rings. The molecule has 0 saturated carbocycles. The number of rotatable bonds is 4. The summed E-state index contributed by atoms with van der Waals surface area (Å²) in [6.07, 6.45) is 5.66. The molecule has 0 aromatic carbocycles. The Morgan fingerprint density at radius 1 is 1.43 bits per heavy atom. The van der Waals surface area contributed by atoms with E-state index in [-0.39, 0.29) is 17.9 Å². The minimum Gasteiger partial charge on any atom is -0.357 e. The van der Waals surface area contributed by atoms with Gasteiger partial charge in [0.1, 0.15) is 6.04 Å². The number of piperidine rings is 1. The molecule has 1 aromatic heterocycles. The van der Waals surface area contributed by atoms with Gasteiger partial charge in [-0.15, -0.1) is 0 Å². The number of amides is 2. The Morgan fingerprint density at radius 3 is 2.81 bits per heavy atom. The van der Waals surface area contributed by atoms with Crippen LogP contribution in [0.15, 0.2) is 6.20 Å². The molecule has 1 atom stereocenters. The molecule has 1 saturated heterocycles. The number of hydrogen-bond donors (Lipinski definition) is 1. The van der Waals surface area contributed by atoms with Crippen LogP contribution < -0.4 is 5.32 Å². The van der Waals surface area contributed by atoms with Crippen LogP contribution >= 0.6 is 0 Å². The molecule has 1 aliphatic rings. The second kappa shape index (κ2) is 6.74. The first-order chi connectivity index (χ1) is 10.0. The maximum absolute atomic E-state index is 12.4. The number of carbonyl (C=O) groups excluding carboxylic acids is 2. The standard InChI is InChI=1S/C15H24N4O2/c1-11-12(10-17-18(11)3)7-8-14(20)19-9-5-4-6-13(19)15(21)16-2/h10,13H,4-9H2,1-3H3,(H,16,21). The van der Waals surface area contributed by atoms with Crippen LogP contribution in [0.4, 0.5) is 0 Å². The van der Waals surface area contributed by atoms with Crippen LogP contribution in [0.25, 0.3) is 0 Å². The maximum Gasteiger partial charge on any atom is 0.242 e. The van der Waals surface area contributed by atoms with Crippen molar-refractivity contribution in [3.8, 4) is 0 Å². The Labute approximate surface area is 125 Å². The lowest BCUT2D eigenvalue weighted by atomic mass is 10.00. The van der Waals surface area contributed by atoms with Gasteiger partial charge in [-0.2, -0.15) is 5.10 Å². The zero-order chi connectivity index (χ0) is 15.4. The van der Waals surface area contributed by atoms with E-state index < -0.39 is 0 Å². The van der Waals surface area contributed by atoms with E-state index in [9.17, 15) is 9.59 Å². The first-order valence-corrected chi connectivity index (χ1v) is 7.53. The van der Waals surface area contributed by atoms with Crippen molar-refractivity contribution < 1.29 is 9.59 Å². The quantitative estimate of drug-likeness (QED) is 0.892. The van der Waals surface area contributed by atoms with Crippen LogP contribution in [0.2, 0.25) is 0 Å². The monoisotopic (exact) mass is 292 g/mol. The van der Waals surface area contributed by atoms with Gasteiger partial charge in [0.15, 0.2) is 0 Å². The van der Waals surface area contributed by atoms with Gasteiger partial charge in [0.25, 0.3) is 0 Å². The van der Waals surface area contributed by atoms with Gasteiger partial charge in [0.2, 0.25) is 11.8 Å². The van der Waals surface area contributed by atoms with E-state index in [0.717, 1.165) is 30.5 Å². The molecule has 2 rings (SSSR count). The highest BCUT2D eigenvalue weighted by Gasteiger charge is 2.31. The zero-order valence-corrected chi connectivity index (χ0v) is 13.1. The number of carbonyl (C=O) groups is 2. The highest BCUT2D eigenvalue weighted by molar-refractivity contribution is 5.87. The molecule has 0 aliphatic carbocycles. The third-order valence-electron chi connectivity index (χ3n) is 4.32. The number of likely N-dealkylation sites (N-methyl/N-ethyl adjacent to an activating group) is 1. The summed E-state index contributed by atoms with van der Waals surface area (Å²) in [5.74, 6) is 0.00663. The molecule has 2 heterocycles. The first kappa shape index (κ1) is 15.5. The molecule has 0 radical (unpaired) electrons. The predicted molar refractivity (Wildman–Crippen MR) is 79.7 cm³/mol. The minimum absolute atomic E-state index is 0.0550. The first-order valence-electron chi connectivity index (χ1n) is 7.53. The summed E-state index contributed by atoms with van der Waals surface area (Å²) in [4.78, 5) is 26.1. The fourth-order valence-electron chi connectivity index (χ4n) is 2.84. The number of nitrogens with zero attached hydrogens (tertiary/aromatic N) is 3. The van der Waals surface area contributed by atoms with Crippen LogP contribution in [0.5, 0.6) is 0 Å². The third-order valence-corrected chi connectivity index (χ3v) is 4.32. The Balaban J connectivity index is 1.97. The molecule has 116 valence electrons. The lowest BCUT2D eigenvalue weighted by Crippen LogP contribution is -2.51. The van der Waals surface area contributed by atoms with Crippen LogP contribution in [0.3, 0.4) is 0 Å². The Morgan fingerprint density at radius 2 is 2.19 bits per heavy atom. The van der Waals surface area contributed by atoms with E-state index in [0.29, 0.717) is 19.4 Å². The number of likely N-dealkylation sites (tertiary alicyclic amines) is 1. The molecule has 21 heavy (non-hydrogen) atoms. The van der Waals surface area contributed by atoms with Crippen molar-refractivity contribution in [2.75, 3.05) is 13.6 Å². The molecule has 1 aliphatic heterocycles. The number of aromatic nitrogens is 2. The summed E-state index contributed by atoms with van der Waals surface area (Å²) in [7, 11) is 3.52. The summed E-state index contributed by atoms with van der Waals surface area (Å²) < 4.78 is 1.81. The van der Waals surface area contributed by atoms with Crippen molar-refractivity contribution >= 4 is 11.8 Å². The van der Waals surface area contributed by atoms with Crippen LogP contribution in [0.1, 0.15) is 36.9 Å². The third kappa shape index (κ3) is 3.43. The number of hydrogen-bond acceptors (Lipinski definition) is 3. The van der Waals surface area contributed by atoms with Gasteiger partial charge in [0.05, 0.1) is 6.20 Å². The smallest absolute Gasteiger partial charge is 0.242 e. The molecular weight excluding hydrogens is 268 g/mol. The highest BCUT2D eigenvalue weighted by Crippen LogP contribution is 2.19. The van der Waals surface area contributed by atoms with Crippen LogP contribution in [-0.2, 0) is 23.1 Å². The number of nitrogens with one attached hydrogen (secondary N) is 1. The van der Waals surface area contributed by atoms with Gasteiger partial charge in [-0.3, -0.25) is 14.3 Å². The molecule has 6 heteroatoms. The number of aryl methyl sites for hydroxylation is 2. The van der Waals surface area contributed by atoms with Crippen molar-refractivity contribution in [2.24, 2.45) is 7.05 Å². The van der Waals surface area contributed by atoms with Crippen LogP contribution in [-0.4, -0.2) is 46.1 Å². The predicted octanol–water partition coefficient (Wildman–Crippen LogP) is 0.788. The maximum atomic E-state index is 12.4. The summed E-state index contributed by atoms with van der Waals surface area (Å²) >= 11 is 0. The second-order valence-electron chi connectivity index (χ2n) is 5.59. The van der Waals surface area contributed by atoms with Crippen molar-refractivity contribution in [1.82, 2.24) is 20.0 Å². The van der Waals surface area contributed by atoms with Gasteiger partial charge >= 0.3 is 0 Å². The van der Waals surface area contributed by atoms with Gasteiger partial charge in [-0.25, -0.2) is 0 Å². The van der Waals surface area contributed by atoms with Gasteiger partial charge in [-0.1, -0.05) is 0 Å². The summed E-state index contributed by atoms with van der Waals surface area (Å²) in [6.45, 7) is 2.68. The Hall–Kier alpha value is -1.85. The molecule has 2 amide bonds. The van der Waals surface area contributed by atoms with Gasteiger partial charge < -0.3 is 10.2 Å². The topological polar surface area (TPSA) is 67.2 Å². The largest absolute Gasteiger partial charge is 0.357 e. The molecule has 1 unspecified atom stereocenters. The SMILES string of the molecule is CNC(=O)C1CCCCN1C(=O)CCc1cnn(C)c1C. The molecular formula is C15H24N4O2. The molecule has 1 N–H and O–H groups in total. The Kier molecular flexibility index (Phi) is 4.98. The fraction of sp³-hybridized carbons (Fsp3) is 0.667. The second-order valence-corrected chi connectivity index (χ2v) is 5.59. The Bertz CT molecular complexity index is 524. The fourth-order valence-corrected chi connectivity index (χ4v) is 2.84. The normalized spacial score (nSPS) is 18.6. The summed E-state index contributed by atoms with van der Waals surface area (Å²) in [6, 6.07) is -0.300. The van der Waals surface area contributed by atoms with E-state index in [1.807, 2.05) is 24.9 Å². The highest BCUT2D eigenvalue weighted by atomic mass is 16.2. The lowest BCUT2D eigenvalue weighted by molar-refractivity contribution is -0.142. The van der Waals surface area contributed by atoms with Gasteiger partial charge in [-0.05, 0) is 38.2 Å². The molecule has 0 bridgehead atoms. The van der Waals surface area contributed by atoms with Crippen molar-refractivity contribution in [2.45, 2.75) is 45.1 Å². The van der Waals surface area contributed by atoms with Crippen molar-refractivity contribution in [3.63, 3.8) is 0 Å². The van der Waals surface area contributed by atoms with Gasteiger partial charge in [0, 0.05) is 32.8 Å². The minimum atomic E-state index is -0.300. The molecule has 1 aromatic rings. The van der Waals surface area contributed by atoms with Crippen LogP contribution in [0, 0.1) is 6.92 Å². The van der Waals surface area contributed by atoms with Crippen molar-refractivity contribution in [3.05, 3.63) is 17.5 Å². The molecule has 0 spiro atoms. The van der Waals surface area contributed by atoms with E-state index >= 15 is 0 Å². The summed E-state index contributed by atoms with van der Waals surface area (Å²) in [5, 5.41) is 6.85. The van der Waals surface area contributed by atoms with E-state index in [2.05, 4.69) is 10.4 Å². The average molecular weight is 292 g/mol. The average Bonchev–Trinajstić information content (AvgIpc) is 2.83. The molecule has 6 nitrogen and oxygen atoms in total. The van der Waals surface area contributed by atoms with E-state index in [1.54, 1.807) is 11.9 Å². The summed E-state index contributed by atoms with van der Waals surface area (Å²) in [5.41, 5.74) is 2.18.